The molecule has 3 aromatic rings. The average Bonchev–Trinajstić information content (AvgIpc) is 3.29. The monoisotopic (exact) mass is 417 g/mol. The molecule has 1 aromatic carbocycles. The van der Waals surface area contributed by atoms with Gasteiger partial charge in [0.15, 0.2) is 5.76 Å². The van der Waals surface area contributed by atoms with Crippen LogP contribution in [-0.2, 0) is 19.5 Å². The maximum atomic E-state index is 12.3. The molecule has 2 amide bonds. The van der Waals surface area contributed by atoms with E-state index in [0.29, 0.717) is 10.6 Å². The van der Waals surface area contributed by atoms with Crippen molar-refractivity contribution >= 4 is 40.6 Å². The summed E-state index contributed by atoms with van der Waals surface area (Å²) in [5, 5.41) is 3.28. The molecule has 0 unspecified atom stereocenters. The number of nitrogens with zero attached hydrogens (tertiary/aromatic N) is 1. The summed E-state index contributed by atoms with van der Waals surface area (Å²) in [5.41, 5.74) is 8.24. The number of carbonyl (C=O) groups is 2. The standard InChI is InChI=1S/C20H19N3O3S.ClH/c21-18(24)17-14-8-9-23(11-13-5-2-1-3-6-13)12-16(14)27-20(17)22-19(25)15-7-4-10-26-15;/h1-7,10H,8-9,11-12H2,(H2,21,24)(H,22,25);1H. The molecule has 146 valence electrons. The van der Waals surface area contributed by atoms with Gasteiger partial charge in [-0.3, -0.25) is 14.5 Å². The van der Waals surface area contributed by atoms with Gasteiger partial charge >= 0.3 is 0 Å². The number of halogens is 1. The summed E-state index contributed by atoms with van der Waals surface area (Å²) in [5.74, 6) is -0.705. The summed E-state index contributed by atoms with van der Waals surface area (Å²) >= 11 is 1.41. The first-order chi connectivity index (χ1) is 13.1. The summed E-state index contributed by atoms with van der Waals surface area (Å²) in [6.07, 6.45) is 2.17. The molecule has 1 aliphatic heterocycles. The highest BCUT2D eigenvalue weighted by atomic mass is 35.5. The molecular formula is C20H20ClN3O3S. The van der Waals surface area contributed by atoms with Crippen molar-refractivity contribution in [1.29, 1.82) is 0 Å². The van der Waals surface area contributed by atoms with E-state index < -0.39 is 5.91 Å². The lowest BCUT2D eigenvalue weighted by atomic mass is 10.0. The number of carbonyl (C=O) groups excluding carboxylic acids is 2. The molecule has 2 aromatic heterocycles. The van der Waals surface area contributed by atoms with Crippen molar-refractivity contribution in [2.75, 3.05) is 11.9 Å². The van der Waals surface area contributed by atoms with Gasteiger partial charge in [-0.25, -0.2) is 0 Å². The third kappa shape index (κ3) is 4.11. The van der Waals surface area contributed by atoms with E-state index in [1.165, 1.54) is 23.2 Å². The zero-order chi connectivity index (χ0) is 18.8. The lowest BCUT2D eigenvalue weighted by Gasteiger charge is -2.27. The lowest BCUT2D eigenvalue weighted by Crippen LogP contribution is -2.30. The van der Waals surface area contributed by atoms with Crippen molar-refractivity contribution < 1.29 is 14.0 Å². The number of rotatable bonds is 5. The fourth-order valence-electron chi connectivity index (χ4n) is 3.35. The number of hydrogen-bond donors (Lipinski definition) is 2. The van der Waals surface area contributed by atoms with E-state index in [4.69, 9.17) is 10.2 Å². The van der Waals surface area contributed by atoms with Gasteiger partial charge in [0.05, 0.1) is 11.8 Å². The molecule has 3 N–H and O–H groups in total. The molecule has 0 saturated heterocycles. The molecule has 4 rings (SSSR count). The maximum absolute atomic E-state index is 12.3. The Balaban J connectivity index is 0.00000225. The Kier molecular flexibility index (Phi) is 6.18. The molecule has 0 aliphatic carbocycles. The number of amides is 2. The van der Waals surface area contributed by atoms with Crippen LogP contribution < -0.4 is 11.1 Å². The Labute approximate surface area is 172 Å². The number of benzene rings is 1. The molecule has 0 bridgehead atoms. The number of hydrogen-bond acceptors (Lipinski definition) is 5. The molecule has 8 heteroatoms. The van der Waals surface area contributed by atoms with Crippen LogP contribution in [0.25, 0.3) is 0 Å². The molecule has 6 nitrogen and oxygen atoms in total. The summed E-state index contributed by atoms with van der Waals surface area (Å²) in [4.78, 5) is 27.7. The Morgan fingerprint density at radius 2 is 1.96 bits per heavy atom. The van der Waals surface area contributed by atoms with Gasteiger partial charge in [-0.05, 0) is 29.7 Å². The first-order valence-corrected chi connectivity index (χ1v) is 9.49. The highest BCUT2D eigenvalue weighted by molar-refractivity contribution is 7.17. The molecule has 0 saturated carbocycles. The first-order valence-electron chi connectivity index (χ1n) is 8.67. The molecular weight excluding hydrogens is 398 g/mol. The molecule has 0 spiro atoms. The van der Waals surface area contributed by atoms with Crippen LogP contribution in [0, 0.1) is 0 Å². The molecule has 3 heterocycles. The van der Waals surface area contributed by atoms with Crippen molar-refractivity contribution in [3.8, 4) is 0 Å². The van der Waals surface area contributed by atoms with Gasteiger partial charge in [-0.2, -0.15) is 0 Å². The zero-order valence-corrected chi connectivity index (χ0v) is 16.6. The SMILES string of the molecule is Cl.NC(=O)c1c(NC(=O)c2ccco2)sc2c1CCN(Cc1ccccc1)C2. The van der Waals surface area contributed by atoms with E-state index in [-0.39, 0.29) is 24.1 Å². The molecule has 0 atom stereocenters. The minimum Gasteiger partial charge on any atom is -0.459 e. The van der Waals surface area contributed by atoms with E-state index in [1.54, 1.807) is 12.1 Å². The fraction of sp³-hybridized carbons (Fsp3) is 0.200. The fourth-order valence-corrected chi connectivity index (χ4v) is 4.64. The smallest absolute Gasteiger partial charge is 0.291 e. The van der Waals surface area contributed by atoms with Crippen molar-refractivity contribution in [3.63, 3.8) is 0 Å². The number of nitrogens with one attached hydrogen (secondary N) is 1. The van der Waals surface area contributed by atoms with Crippen LogP contribution in [0.2, 0.25) is 0 Å². The molecule has 0 radical (unpaired) electrons. The summed E-state index contributed by atoms with van der Waals surface area (Å²) < 4.78 is 5.12. The Hall–Kier alpha value is -2.61. The van der Waals surface area contributed by atoms with Crippen LogP contribution in [-0.4, -0.2) is 23.3 Å². The number of anilines is 1. The van der Waals surface area contributed by atoms with Crippen molar-refractivity contribution in [1.82, 2.24) is 4.90 Å². The highest BCUT2D eigenvalue weighted by Gasteiger charge is 2.28. The minimum absolute atomic E-state index is 0. The van der Waals surface area contributed by atoms with E-state index in [2.05, 4.69) is 22.3 Å². The largest absolute Gasteiger partial charge is 0.459 e. The normalized spacial score (nSPS) is 13.4. The second kappa shape index (κ2) is 8.60. The molecule has 1 aliphatic rings. The second-order valence-electron chi connectivity index (χ2n) is 6.45. The van der Waals surface area contributed by atoms with Crippen molar-refractivity contribution in [3.05, 3.63) is 76.1 Å². The van der Waals surface area contributed by atoms with Gasteiger partial charge in [0.1, 0.15) is 5.00 Å². The summed E-state index contributed by atoms with van der Waals surface area (Å²) in [6.45, 7) is 2.41. The van der Waals surface area contributed by atoms with E-state index >= 15 is 0 Å². The van der Waals surface area contributed by atoms with Crippen LogP contribution in [0.1, 0.15) is 36.9 Å². The van der Waals surface area contributed by atoms with E-state index in [0.717, 1.165) is 36.5 Å². The van der Waals surface area contributed by atoms with Crippen LogP contribution >= 0.6 is 23.7 Å². The van der Waals surface area contributed by atoms with Crippen molar-refractivity contribution in [2.24, 2.45) is 5.73 Å². The van der Waals surface area contributed by atoms with Gasteiger partial charge in [-0.1, -0.05) is 30.3 Å². The van der Waals surface area contributed by atoms with Gasteiger partial charge in [-0.15, -0.1) is 23.7 Å². The van der Waals surface area contributed by atoms with Crippen molar-refractivity contribution in [2.45, 2.75) is 19.5 Å². The second-order valence-corrected chi connectivity index (χ2v) is 7.56. The van der Waals surface area contributed by atoms with Gasteiger partial charge < -0.3 is 15.5 Å². The Morgan fingerprint density at radius 3 is 2.64 bits per heavy atom. The van der Waals surface area contributed by atoms with Crippen LogP contribution in [0.5, 0.6) is 0 Å². The predicted octanol–water partition coefficient (Wildman–Crippen LogP) is 3.67. The first kappa shape index (κ1) is 20.1. The van der Waals surface area contributed by atoms with Gasteiger partial charge in [0.25, 0.3) is 11.8 Å². The third-order valence-corrected chi connectivity index (χ3v) is 5.74. The van der Waals surface area contributed by atoms with Crippen LogP contribution in [0.4, 0.5) is 5.00 Å². The topological polar surface area (TPSA) is 88.6 Å². The Morgan fingerprint density at radius 1 is 1.18 bits per heavy atom. The van der Waals surface area contributed by atoms with E-state index in [1.807, 2.05) is 18.2 Å². The highest BCUT2D eigenvalue weighted by Crippen LogP contribution is 2.37. The predicted molar refractivity (Wildman–Crippen MR) is 111 cm³/mol. The maximum Gasteiger partial charge on any atom is 0.291 e. The summed E-state index contributed by atoms with van der Waals surface area (Å²) in [6, 6.07) is 13.5. The number of fused-ring (bicyclic) bond motifs is 1. The number of nitrogens with two attached hydrogens (primary N) is 1. The number of furan rings is 1. The molecule has 28 heavy (non-hydrogen) atoms. The van der Waals surface area contributed by atoms with Gasteiger partial charge in [0, 0.05) is 24.5 Å². The van der Waals surface area contributed by atoms with Gasteiger partial charge in [0.2, 0.25) is 0 Å². The lowest BCUT2D eigenvalue weighted by molar-refractivity contribution is 0.0997. The van der Waals surface area contributed by atoms with Crippen LogP contribution in [0.15, 0.2) is 53.1 Å². The average molecular weight is 418 g/mol. The molecule has 0 fully saturated rings. The number of thiophene rings is 1. The summed E-state index contributed by atoms with van der Waals surface area (Å²) in [7, 11) is 0. The number of primary amides is 1. The van der Waals surface area contributed by atoms with Crippen LogP contribution in [0.3, 0.4) is 0 Å². The van der Waals surface area contributed by atoms with E-state index in [9.17, 15) is 9.59 Å². The quantitative estimate of drug-likeness (QED) is 0.662. The third-order valence-electron chi connectivity index (χ3n) is 4.60. The zero-order valence-electron chi connectivity index (χ0n) is 15.0. The minimum atomic E-state index is -0.515. The Bertz CT molecular complexity index is 970.